The number of fused-ring (bicyclic) bond motifs is 1. The SMILES string of the molecule is N#Cc1c(N/C=C\C(=O)c2cccs2)sc2c1CCCCCC2. The maximum absolute atomic E-state index is 12.0. The van der Waals surface area contributed by atoms with Crippen LogP contribution in [0.15, 0.2) is 29.8 Å². The van der Waals surface area contributed by atoms with Crippen molar-refractivity contribution in [2.45, 2.75) is 38.5 Å². The molecule has 2 aromatic heterocycles. The summed E-state index contributed by atoms with van der Waals surface area (Å²) in [6.07, 6.45) is 10.1. The first kappa shape index (κ1) is 16.0. The molecule has 0 amide bonds. The molecule has 3 nitrogen and oxygen atoms in total. The highest BCUT2D eigenvalue weighted by atomic mass is 32.1. The Hall–Kier alpha value is -1.90. The number of rotatable bonds is 4. The third-order valence-electron chi connectivity index (χ3n) is 4.00. The number of aryl methyl sites for hydroxylation is 1. The summed E-state index contributed by atoms with van der Waals surface area (Å²) in [7, 11) is 0. The number of carbonyl (C=O) groups is 1. The first-order valence-corrected chi connectivity index (χ1v) is 9.55. The van der Waals surface area contributed by atoms with Crippen LogP contribution in [-0.4, -0.2) is 5.78 Å². The molecule has 0 atom stereocenters. The molecule has 1 aliphatic rings. The molecule has 2 heterocycles. The van der Waals surface area contributed by atoms with Crippen LogP contribution >= 0.6 is 22.7 Å². The van der Waals surface area contributed by atoms with Crippen LogP contribution in [0.3, 0.4) is 0 Å². The minimum Gasteiger partial charge on any atom is -0.352 e. The van der Waals surface area contributed by atoms with Crippen LogP contribution < -0.4 is 5.32 Å². The van der Waals surface area contributed by atoms with Crippen molar-refractivity contribution in [3.05, 3.63) is 50.7 Å². The van der Waals surface area contributed by atoms with Gasteiger partial charge in [0.15, 0.2) is 5.78 Å². The Morgan fingerprint density at radius 1 is 1.26 bits per heavy atom. The van der Waals surface area contributed by atoms with Crippen molar-refractivity contribution in [1.82, 2.24) is 0 Å². The third-order valence-corrected chi connectivity index (χ3v) is 6.10. The molecule has 0 unspecified atom stereocenters. The monoisotopic (exact) mass is 342 g/mol. The summed E-state index contributed by atoms with van der Waals surface area (Å²) in [5.41, 5.74) is 1.98. The lowest BCUT2D eigenvalue weighted by Gasteiger charge is -2.08. The second-order valence-electron chi connectivity index (χ2n) is 5.55. The van der Waals surface area contributed by atoms with Crippen molar-refractivity contribution in [3.63, 3.8) is 0 Å². The van der Waals surface area contributed by atoms with E-state index >= 15 is 0 Å². The Kier molecular flexibility index (Phi) is 5.27. The zero-order valence-corrected chi connectivity index (χ0v) is 14.4. The van der Waals surface area contributed by atoms with E-state index in [1.807, 2.05) is 17.5 Å². The largest absolute Gasteiger partial charge is 0.352 e. The van der Waals surface area contributed by atoms with Crippen molar-refractivity contribution in [1.29, 1.82) is 5.26 Å². The molecule has 5 heteroatoms. The van der Waals surface area contributed by atoms with Gasteiger partial charge in [-0.1, -0.05) is 18.9 Å². The Labute approximate surface area is 144 Å². The number of nitriles is 1. The predicted octanol–water partition coefficient (Wildman–Crippen LogP) is 5.15. The minimum absolute atomic E-state index is 0.0130. The van der Waals surface area contributed by atoms with Crippen LogP contribution in [0.5, 0.6) is 0 Å². The Balaban J connectivity index is 1.76. The molecular weight excluding hydrogens is 324 g/mol. The molecule has 2 aromatic rings. The van der Waals surface area contributed by atoms with E-state index in [0.717, 1.165) is 34.7 Å². The fourth-order valence-electron chi connectivity index (χ4n) is 2.83. The van der Waals surface area contributed by atoms with E-state index in [-0.39, 0.29) is 5.78 Å². The highest BCUT2D eigenvalue weighted by Crippen LogP contribution is 2.36. The van der Waals surface area contributed by atoms with Gasteiger partial charge in [0.25, 0.3) is 0 Å². The fraction of sp³-hybridized carbons (Fsp3) is 0.333. The van der Waals surface area contributed by atoms with E-state index in [9.17, 15) is 10.1 Å². The van der Waals surface area contributed by atoms with Gasteiger partial charge in [-0.25, -0.2) is 0 Å². The summed E-state index contributed by atoms with van der Waals surface area (Å²) in [5.74, 6) is -0.0130. The van der Waals surface area contributed by atoms with Crippen LogP contribution in [0.25, 0.3) is 0 Å². The molecule has 0 fully saturated rings. The average Bonchev–Trinajstić information content (AvgIpc) is 3.15. The van der Waals surface area contributed by atoms with Crippen molar-refractivity contribution in [2.75, 3.05) is 5.32 Å². The maximum atomic E-state index is 12.0. The zero-order chi connectivity index (χ0) is 16.1. The third kappa shape index (κ3) is 3.72. The molecule has 0 aromatic carbocycles. The van der Waals surface area contributed by atoms with Crippen molar-refractivity contribution < 1.29 is 4.79 Å². The minimum atomic E-state index is -0.0130. The van der Waals surface area contributed by atoms with Gasteiger partial charge >= 0.3 is 0 Å². The number of hydrogen-bond donors (Lipinski definition) is 1. The number of allylic oxidation sites excluding steroid dienone is 1. The van der Waals surface area contributed by atoms with E-state index in [4.69, 9.17) is 0 Å². The van der Waals surface area contributed by atoms with Gasteiger partial charge in [0.1, 0.15) is 11.1 Å². The van der Waals surface area contributed by atoms with Gasteiger partial charge < -0.3 is 5.32 Å². The quantitative estimate of drug-likeness (QED) is 0.617. The lowest BCUT2D eigenvalue weighted by Crippen LogP contribution is -1.98. The molecular formula is C18H18N2OS2. The number of ketones is 1. The number of carbonyl (C=O) groups excluding carboxylic acids is 1. The van der Waals surface area contributed by atoms with Crippen LogP contribution in [0.2, 0.25) is 0 Å². The number of nitrogens with zero attached hydrogens (tertiary/aromatic N) is 1. The van der Waals surface area contributed by atoms with Crippen LogP contribution in [-0.2, 0) is 12.8 Å². The summed E-state index contributed by atoms with van der Waals surface area (Å²) in [6.45, 7) is 0. The standard InChI is InChI=1S/C18H18N2OS2/c19-12-14-13-6-3-1-2-4-7-16(13)23-18(14)20-10-9-15(21)17-8-5-11-22-17/h5,8-11,20H,1-4,6-7H2/b10-9-. The van der Waals surface area contributed by atoms with E-state index in [0.29, 0.717) is 0 Å². The van der Waals surface area contributed by atoms with E-state index < -0.39 is 0 Å². The molecule has 23 heavy (non-hydrogen) atoms. The van der Waals surface area contributed by atoms with Gasteiger partial charge in [-0.15, -0.1) is 22.7 Å². The number of thiophene rings is 2. The lowest BCUT2D eigenvalue weighted by molar-refractivity contribution is 0.105. The molecule has 0 saturated heterocycles. The van der Waals surface area contributed by atoms with Crippen molar-refractivity contribution in [3.8, 4) is 6.07 Å². The molecule has 0 radical (unpaired) electrons. The normalized spacial score (nSPS) is 14.7. The highest BCUT2D eigenvalue weighted by molar-refractivity contribution is 7.16. The second-order valence-corrected chi connectivity index (χ2v) is 7.61. The maximum Gasteiger partial charge on any atom is 0.197 e. The molecule has 0 bridgehead atoms. The van der Waals surface area contributed by atoms with Crippen LogP contribution in [0.4, 0.5) is 5.00 Å². The highest BCUT2D eigenvalue weighted by Gasteiger charge is 2.18. The number of hydrogen-bond acceptors (Lipinski definition) is 5. The topological polar surface area (TPSA) is 52.9 Å². The smallest absolute Gasteiger partial charge is 0.197 e. The van der Waals surface area contributed by atoms with Crippen LogP contribution in [0, 0.1) is 11.3 Å². The Bertz CT molecular complexity index is 751. The first-order chi connectivity index (χ1) is 11.3. The molecule has 0 spiro atoms. The van der Waals surface area contributed by atoms with E-state index in [1.54, 1.807) is 17.5 Å². The van der Waals surface area contributed by atoms with E-state index in [1.165, 1.54) is 47.1 Å². The number of nitrogens with one attached hydrogen (secondary N) is 1. The second kappa shape index (κ2) is 7.58. The molecule has 1 aliphatic carbocycles. The van der Waals surface area contributed by atoms with Gasteiger partial charge in [0.2, 0.25) is 0 Å². The molecule has 0 aliphatic heterocycles. The summed E-state index contributed by atoms with van der Waals surface area (Å²) < 4.78 is 0. The van der Waals surface area contributed by atoms with Crippen molar-refractivity contribution >= 4 is 33.5 Å². The van der Waals surface area contributed by atoms with Gasteiger partial charge in [0, 0.05) is 17.2 Å². The summed E-state index contributed by atoms with van der Waals surface area (Å²) in [6, 6.07) is 6.03. The predicted molar refractivity (Wildman–Crippen MR) is 96.3 cm³/mol. The van der Waals surface area contributed by atoms with Gasteiger partial charge in [-0.05, 0) is 42.7 Å². The Morgan fingerprint density at radius 2 is 2.09 bits per heavy atom. The molecule has 0 saturated carbocycles. The molecule has 3 rings (SSSR count). The summed E-state index contributed by atoms with van der Waals surface area (Å²) in [5, 5.41) is 15.4. The van der Waals surface area contributed by atoms with Gasteiger partial charge in [-0.2, -0.15) is 5.26 Å². The van der Waals surface area contributed by atoms with E-state index in [2.05, 4.69) is 11.4 Å². The summed E-state index contributed by atoms with van der Waals surface area (Å²) >= 11 is 3.10. The van der Waals surface area contributed by atoms with Gasteiger partial charge in [0.05, 0.1) is 10.4 Å². The Morgan fingerprint density at radius 3 is 2.83 bits per heavy atom. The van der Waals surface area contributed by atoms with Crippen LogP contribution in [0.1, 0.15) is 51.4 Å². The molecule has 118 valence electrons. The average molecular weight is 342 g/mol. The van der Waals surface area contributed by atoms with Gasteiger partial charge in [-0.3, -0.25) is 4.79 Å². The first-order valence-electron chi connectivity index (χ1n) is 7.85. The fourth-order valence-corrected chi connectivity index (χ4v) is 4.70. The number of anilines is 1. The summed E-state index contributed by atoms with van der Waals surface area (Å²) in [4.78, 5) is 14.0. The molecule has 1 N–H and O–H groups in total. The van der Waals surface area contributed by atoms with Crippen molar-refractivity contribution in [2.24, 2.45) is 0 Å². The zero-order valence-electron chi connectivity index (χ0n) is 12.8. The lowest BCUT2D eigenvalue weighted by atomic mass is 9.97.